The van der Waals surface area contributed by atoms with Crippen molar-refractivity contribution in [1.82, 2.24) is 10.3 Å². The van der Waals surface area contributed by atoms with E-state index in [0.717, 1.165) is 22.0 Å². The van der Waals surface area contributed by atoms with Gasteiger partial charge in [-0.3, -0.25) is 0 Å². The molecule has 2 heterocycles. The van der Waals surface area contributed by atoms with Gasteiger partial charge in [-0.25, -0.2) is 4.98 Å². The summed E-state index contributed by atoms with van der Waals surface area (Å²) in [7, 11) is 1.93. The van der Waals surface area contributed by atoms with Crippen molar-refractivity contribution in [2.75, 3.05) is 7.05 Å². The van der Waals surface area contributed by atoms with Crippen LogP contribution in [0.2, 0.25) is 0 Å². The van der Waals surface area contributed by atoms with Crippen LogP contribution in [0.4, 0.5) is 0 Å². The SMILES string of the molecule is CNC(C)c1csc(-c2occc2C)n1. The zero-order valence-electron chi connectivity index (χ0n) is 9.07. The maximum atomic E-state index is 5.40. The van der Waals surface area contributed by atoms with E-state index < -0.39 is 0 Å². The molecule has 80 valence electrons. The molecule has 0 aromatic carbocycles. The molecule has 0 aliphatic carbocycles. The summed E-state index contributed by atoms with van der Waals surface area (Å²) in [5.41, 5.74) is 2.20. The Morgan fingerprint density at radius 3 is 2.93 bits per heavy atom. The van der Waals surface area contributed by atoms with Gasteiger partial charge in [0.2, 0.25) is 0 Å². The Hall–Kier alpha value is -1.13. The molecule has 0 amide bonds. The van der Waals surface area contributed by atoms with Crippen LogP contribution in [0, 0.1) is 6.92 Å². The molecule has 1 unspecified atom stereocenters. The van der Waals surface area contributed by atoms with Gasteiger partial charge >= 0.3 is 0 Å². The second-order valence-corrected chi connectivity index (χ2v) is 4.38. The highest BCUT2D eigenvalue weighted by atomic mass is 32.1. The number of aryl methyl sites for hydroxylation is 1. The summed E-state index contributed by atoms with van der Waals surface area (Å²) in [4.78, 5) is 4.55. The lowest BCUT2D eigenvalue weighted by Crippen LogP contribution is -2.12. The Morgan fingerprint density at radius 2 is 2.33 bits per heavy atom. The maximum Gasteiger partial charge on any atom is 0.165 e. The fourth-order valence-corrected chi connectivity index (χ4v) is 2.29. The predicted molar refractivity (Wildman–Crippen MR) is 62.0 cm³/mol. The molecule has 0 aliphatic rings. The molecule has 0 saturated carbocycles. The first kappa shape index (κ1) is 10.4. The molecule has 0 fully saturated rings. The minimum Gasteiger partial charge on any atom is -0.462 e. The summed E-state index contributed by atoms with van der Waals surface area (Å²) >= 11 is 1.62. The highest BCUT2D eigenvalue weighted by Crippen LogP contribution is 2.29. The first-order valence-electron chi connectivity index (χ1n) is 4.89. The number of nitrogens with one attached hydrogen (secondary N) is 1. The Balaban J connectivity index is 2.32. The van der Waals surface area contributed by atoms with Crippen LogP contribution < -0.4 is 5.32 Å². The van der Waals surface area contributed by atoms with Crippen molar-refractivity contribution in [1.29, 1.82) is 0 Å². The zero-order chi connectivity index (χ0) is 10.8. The fraction of sp³-hybridized carbons (Fsp3) is 0.364. The molecular formula is C11H14N2OS. The van der Waals surface area contributed by atoms with E-state index in [4.69, 9.17) is 4.42 Å². The summed E-state index contributed by atoms with van der Waals surface area (Å²) < 4.78 is 5.40. The molecule has 2 rings (SSSR count). The van der Waals surface area contributed by atoms with Gasteiger partial charge in [0, 0.05) is 11.4 Å². The van der Waals surface area contributed by atoms with E-state index in [-0.39, 0.29) is 6.04 Å². The second kappa shape index (κ2) is 4.16. The average Bonchev–Trinajstić information content (AvgIpc) is 2.84. The van der Waals surface area contributed by atoms with Gasteiger partial charge in [0.1, 0.15) is 0 Å². The fourth-order valence-electron chi connectivity index (χ4n) is 1.33. The van der Waals surface area contributed by atoms with E-state index >= 15 is 0 Å². The first-order chi connectivity index (χ1) is 7.22. The van der Waals surface area contributed by atoms with Crippen molar-refractivity contribution in [2.24, 2.45) is 0 Å². The van der Waals surface area contributed by atoms with Crippen molar-refractivity contribution in [3.63, 3.8) is 0 Å². The topological polar surface area (TPSA) is 38.1 Å². The normalized spacial score (nSPS) is 13.0. The monoisotopic (exact) mass is 222 g/mol. The lowest BCUT2D eigenvalue weighted by atomic mass is 10.2. The van der Waals surface area contributed by atoms with Crippen LogP contribution in [0.1, 0.15) is 24.2 Å². The largest absolute Gasteiger partial charge is 0.462 e. The highest BCUT2D eigenvalue weighted by Gasteiger charge is 2.12. The molecule has 3 nitrogen and oxygen atoms in total. The van der Waals surface area contributed by atoms with Crippen LogP contribution in [0.15, 0.2) is 22.1 Å². The molecule has 1 atom stereocenters. The first-order valence-corrected chi connectivity index (χ1v) is 5.77. The number of nitrogens with zero attached hydrogens (tertiary/aromatic N) is 1. The van der Waals surface area contributed by atoms with Gasteiger partial charge < -0.3 is 9.73 Å². The van der Waals surface area contributed by atoms with Crippen molar-refractivity contribution in [2.45, 2.75) is 19.9 Å². The summed E-state index contributed by atoms with van der Waals surface area (Å²) in [6, 6.07) is 2.24. The van der Waals surface area contributed by atoms with E-state index in [2.05, 4.69) is 22.6 Å². The van der Waals surface area contributed by atoms with Gasteiger partial charge in [0.25, 0.3) is 0 Å². The number of hydrogen-bond donors (Lipinski definition) is 1. The number of hydrogen-bond acceptors (Lipinski definition) is 4. The maximum absolute atomic E-state index is 5.40. The van der Waals surface area contributed by atoms with Gasteiger partial charge in [0.05, 0.1) is 12.0 Å². The van der Waals surface area contributed by atoms with Crippen molar-refractivity contribution >= 4 is 11.3 Å². The van der Waals surface area contributed by atoms with Crippen LogP contribution in [-0.2, 0) is 0 Å². The summed E-state index contributed by atoms with van der Waals surface area (Å²) in [6.07, 6.45) is 1.70. The molecule has 4 heteroatoms. The number of furan rings is 1. The third kappa shape index (κ3) is 1.96. The van der Waals surface area contributed by atoms with Crippen LogP contribution in [-0.4, -0.2) is 12.0 Å². The predicted octanol–water partition coefficient (Wildman–Crippen LogP) is 2.99. The molecular weight excluding hydrogens is 208 g/mol. The van der Waals surface area contributed by atoms with E-state index in [0.29, 0.717) is 0 Å². The van der Waals surface area contributed by atoms with Gasteiger partial charge in [-0.1, -0.05) is 0 Å². The standard InChI is InChI=1S/C11H14N2OS/c1-7-4-5-14-10(7)11-13-9(6-15-11)8(2)12-3/h4-6,8,12H,1-3H3. The Labute approximate surface area is 93.2 Å². The van der Waals surface area contributed by atoms with Crippen molar-refractivity contribution < 1.29 is 4.42 Å². The molecule has 0 saturated heterocycles. The zero-order valence-corrected chi connectivity index (χ0v) is 9.89. The molecule has 0 bridgehead atoms. The third-order valence-electron chi connectivity index (χ3n) is 2.45. The molecule has 0 aliphatic heterocycles. The molecule has 1 N–H and O–H groups in total. The van der Waals surface area contributed by atoms with E-state index in [9.17, 15) is 0 Å². The second-order valence-electron chi connectivity index (χ2n) is 3.52. The van der Waals surface area contributed by atoms with E-state index in [1.54, 1.807) is 17.6 Å². The van der Waals surface area contributed by atoms with E-state index in [1.165, 1.54) is 0 Å². The van der Waals surface area contributed by atoms with Crippen LogP contribution in [0.5, 0.6) is 0 Å². The van der Waals surface area contributed by atoms with Gasteiger partial charge in [-0.15, -0.1) is 11.3 Å². The van der Waals surface area contributed by atoms with E-state index in [1.807, 2.05) is 20.0 Å². The number of aromatic nitrogens is 1. The highest BCUT2D eigenvalue weighted by molar-refractivity contribution is 7.13. The smallest absolute Gasteiger partial charge is 0.165 e. The Morgan fingerprint density at radius 1 is 1.53 bits per heavy atom. The quantitative estimate of drug-likeness (QED) is 0.867. The van der Waals surface area contributed by atoms with Gasteiger partial charge in [-0.2, -0.15) is 0 Å². The van der Waals surface area contributed by atoms with Crippen LogP contribution in [0.3, 0.4) is 0 Å². The molecule has 2 aromatic heterocycles. The minimum absolute atomic E-state index is 0.283. The number of rotatable bonds is 3. The molecule has 0 radical (unpaired) electrons. The van der Waals surface area contributed by atoms with Gasteiger partial charge in [0.15, 0.2) is 10.8 Å². The Kier molecular flexibility index (Phi) is 2.88. The molecule has 15 heavy (non-hydrogen) atoms. The lowest BCUT2D eigenvalue weighted by Gasteiger charge is -2.04. The summed E-state index contributed by atoms with van der Waals surface area (Å²) in [6.45, 7) is 4.12. The third-order valence-corrected chi connectivity index (χ3v) is 3.31. The van der Waals surface area contributed by atoms with Gasteiger partial charge in [-0.05, 0) is 32.5 Å². The van der Waals surface area contributed by atoms with Crippen molar-refractivity contribution in [3.8, 4) is 10.8 Å². The Bertz CT molecular complexity index is 447. The summed E-state index contributed by atoms with van der Waals surface area (Å²) in [5, 5.41) is 6.19. The lowest BCUT2D eigenvalue weighted by molar-refractivity contribution is 0.578. The number of thiazole rings is 1. The average molecular weight is 222 g/mol. The van der Waals surface area contributed by atoms with Crippen molar-refractivity contribution in [3.05, 3.63) is 29.0 Å². The molecule has 2 aromatic rings. The minimum atomic E-state index is 0.283. The molecule has 0 spiro atoms. The van der Waals surface area contributed by atoms with Crippen LogP contribution in [0.25, 0.3) is 10.8 Å². The summed E-state index contributed by atoms with van der Waals surface area (Å²) in [5.74, 6) is 0.884. The van der Waals surface area contributed by atoms with Crippen LogP contribution >= 0.6 is 11.3 Å².